The van der Waals surface area contributed by atoms with Gasteiger partial charge in [0.15, 0.2) is 0 Å². The Morgan fingerprint density at radius 2 is 1.64 bits per heavy atom. The van der Waals surface area contributed by atoms with Crippen molar-refractivity contribution in [1.82, 2.24) is 0 Å². The summed E-state index contributed by atoms with van der Waals surface area (Å²) < 4.78 is 0.419. The van der Waals surface area contributed by atoms with E-state index in [9.17, 15) is 9.90 Å². The maximum absolute atomic E-state index is 9.89. The summed E-state index contributed by atoms with van der Waals surface area (Å²) in [6.07, 6.45) is 0. The van der Waals surface area contributed by atoms with Crippen molar-refractivity contribution in [3.05, 3.63) is 0 Å². The van der Waals surface area contributed by atoms with E-state index in [0.717, 1.165) is 0 Å². The zero-order valence-electron chi connectivity index (χ0n) is 7.26. The minimum Gasteiger partial charge on any atom is -1.00 e. The summed E-state index contributed by atoms with van der Waals surface area (Å²) in [5.41, 5.74) is 0. The van der Waals surface area contributed by atoms with Crippen molar-refractivity contribution in [3.63, 3.8) is 0 Å². The number of likely N-dealkylation sites (N-methyl/N-ethyl adjacent to an activating group) is 1. The molecule has 0 saturated heterocycles. The fourth-order valence-electron chi connectivity index (χ4n) is 0.387. The molecule has 0 heterocycles. The summed E-state index contributed by atoms with van der Waals surface area (Å²) in [5, 5.41) is 9.89. The molecule has 0 aromatic rings. The third-order valence-electron chi connectivity index (χ3n) is 0.603. The maximum atomic E-state index is 9.89. The summed E-state index contributed by atoms with van der Waals surface area (Å²) in [6, 6.07) is 0. The summed E-state index contributed by atoms with van der Waals surface area (Å²) in [5.74, 6) is -1.00. The van der Waals surface area contributed by atoms with Crippen LogP contribution in [0.15, 0.2) is 0 Å². The molecule has 0 unspecified atom stereocenters. The van der Waals surface area contributed by atoms with Gasteiger partial charge in [0, 0.05) is 0 Å². The molecule has 0 saturated carbocycles. The van der Waals surface area contributed by atoms with Crippen LogP contribution in [0.25, 0.3) is 0 Å². The number of quaternary nitrogens is 1. The minimum absolute atomic E-state index is 0. The first-order valence-electron chi connectivity index (χ1n) is 2.42. The Hall–Kier alpha value is 1.65. The standard InChI is InChI=1S/C5H11NO2.2ClH.K/c1-6(2,3)4-5(7)8;;;/h4H2,1-3H3;2*1H;/q;;;+1/p-1. The van der Waals surface area contributed by atoms with Crippen LogP contribution in [0.3, 0.4) is 0 Å². The van der Waals surface area contributed by atoms with Crippen LogP contribution in [-0.4, -0.2) is 38.1 Å². The first kappa shape index (κ1) is 22.9. The SMILES string of the molecule is C[N+](C)(C)CC(=O)[O-].Cl.[Cl-].[K+]. The second-order valence-electron chi connectivity index (χ2n) is 2.82. The monoisotopic (exact) mass is 227 g/mol. The predicted molar refractivity (Wildman–Crippen MR) is 35.2 cm³/mol. The van der Waals surface area contributed by atoms with Crippen molar-refractivity contribution in [3.8, 4) is 0 Å². The molecule has 0 rings (SSSR count). The molecule has 3 nitrogen and oxygen atoms in total. The van der Waals surface area contributed by atoms with E-state index in [1.807, 2.05) is 0 Å². The van der Waals surface area contributed by atoms with E-state index in [-0.39, 0.29) is 82.7 Å². The molecular weight excluding hydrogens is 216 g/mol. The molecule has 0 atom stereocenters. The second kappa shape index (κ2) is 9.73. The van der Waals surface area contributed by atoms with Gasteiger partial charge in [-0.05, 0) is 0 Å². The van der Waals surface area contributed by atoms with Crippen LogP contribution in [0, 0.1) is 0 Å². The third-order valence-corrected chi connectivity index (χ3v) is 0.603. The van der Waals surface area contributed by atoms with Crippen LogP contribution in [0.4, 0.5) is 0 Å². The average molecular weight is 228 g/mol. The van der Waals surface area contributed by atoms with Gasteiger partial charge in [-0.3, -0.25) is 0 Å². The molecule has 0 aliphatic rings. The maximum Gasteiger partial charge on any atom is 1.00 e. The minimum atomic E-state index is -1.00. The zero-order chi connectivity index (χ0) is 6.78. The summed E-state index contributed by atoms with van der Waals surface area (Å²) in [7, 11) is 5.40. The van der Waals surface area contributed by atoms with Gasteiger partial charge in [0.25, 0.3) is 0 Å². The zero-order valence-corrected chi connectivity index (χ0v) is 12.0. The Morgan fingerprint density at radius 3 is 1.64 bits per heavy atom. The molecule has 11 heavy (non-hydrogen) atoms. The predicted octanol–water partition coefficient (Wildman–Crippen LogP) is -7.13. The van der Waals surface area contributed by atoms with Crippen LogP contribution in [0.5, 0.6) is 0 Å². The fourth-order valence-corrected chi connectivity index (χ4v) is 0.387. The van der Waals surface area contributed by atoms with Gasteiger partial charge in [0.2, 0.25) is 0 Å². The van der Waals surface area contributed by atoms with Gasteiger partial charge in [-0.2, -0.15) is 0 Å². The fraction of sp³-hybridized carbons (Fsp3) is 0.800. The van der Waals surface area contributed by atoms with E-state index in [1.165, 1.54) is 0 Å². The first-order chi connectivity index (χ1) is 3.42. The Labute approximate surface area is 122 Å². The molecule has 0 amide bonds. The van der Waals surface area contributed by atoms with Crippen molar-refractivity contribution in [2.45, 2.75) is 0 Å². The molecule has 0 spiro atoms. The molecule has 0 bridgehead atoms. The quantitative estimate of drug-likeness (QED) is 0.348. The number of carbonyl (C=O) groups is 1. The van der Waals surface area contributed by atoms with E-state index in [1.54, 1.807) is 21.1 Å². The number of aliphatic carboxylic acids is 1. The second-order valence-corrected chi connectivity index (χ2v) is 2.82. The van der Waals surface area contributed by atoms with Crippen LogP contribution in [-0.2, 0) is 4.79 Å². The Morgan fingerprint density at radius 1 is 1.36 bits per heavy atom. The number of hydrogen-bond donors (Lipinski definition) is 0. The number of rotatable bonds is 2. The molecule has 0 radical (unpaired) electrons. The van der Waals surface area contributed by atoms with E-state index in [0.29, 0.717) is 4.48 Å². The molecular formula is C5H12Cl2KNO2. The molecule has 6 heteroatoms. The molecule has 0 aromatic carbocycles. The van der Waals surface area contributed by atoms with Crippen molar-refractivity contribution in [2.24, 2.45) is 0 Å². The molecule has 0 fully saturated rings. The van der Waals surface area contributed by atoms with E-state index >= 15 is 0 Å². The topological polar surface area (TPSA) is 40.1 Å². The Kier molecular flexibility index (Phi) is 20.3. The van der Waals surface area contributed by atoms with Crippen molar-refractivity contribution >= 4 is 18.4 Å². The molecule has 0 aromatic heterocycles. The van der Waals surface area contributed by atoms with Crippen LogP contribution in [0.1, 0.15) is 0 Å². The van der Waals surface area contributed by atoms with Crippen molar-refractivity contribution in [2.75, 3.05) is 27.7 Å². The number of halogens is 2. The Bertz CT molecular complexity index is 105. The van der Waals surface area contributed by atoms with Gasteiger partial charge in [-0.1, -0.05) is 0 Å². The van der Waals surface area contributed by atoms with Gasteiger partial charge >= 0.3 is 51.4 Å². The largest absolute Gasteiger partial charge is 1.00 e. The van der Waals surface area contributed by atoms with Crippen LogP contribution >= 0.6 is 12.4 Å². The van der Waals surface area contributed by atoms with Crippen LogP contribution < -0.4 is 68.9 Å². The number of carboxylic acids is 1. The average Bonchev–Trinajstić information content (AvgIpc) is 1.21. The van der Waals surface area contributed by atoms with Crippen LogP contribution in [0.2, 0.25) is 0 Å². The van der Waals surface area contributed by atoms with Gasteiger partial charge in [-0.15, -0.1) is 12.4 Å². The van der Waals surface area contributed by atoms with Crippen molar-refractivity contribution in [1.29, 1.82) is 0 Å². The summed E-state index contributed by atoms with van der Waals surface area (Å²) >= 11 is 0. The van der Waals surface area contributed by atoms with Gasteiger partial charge in [0.1, 0.15) is 6.54 Å². The van der Waals surface area contributed by atoms with E-state index in [2.05, 4.69) is 0 Å². The third kappa shape index (κ3) is 24.5. The number of carboxylic acid groups (broad SMARTS) is 1. The Balaban J connectivity index is -0.0000000817. The number of nitrogens with zero attached hydrogens (tertiary/aromatic N) is 1. The molecule has 0 N–H and O–H groups in total. The first-order valence-corrected chi connectivity index (χ1v) is 2.42. The number of carbonyl (C=O) groups excluding carboxylic acids is 1. The molecule has 64 valence electrons. The van der Waals surface area contributed by atoms with E-state index < -0.39 is 5.97 Å². The van der Waals surface area contributed by atoms with Gasteiger partial charge in [0.05, 0.1) is 27.1 Å². The molecule has 0 aliphatic heterocycles. The van der Waals surface area contributed by atoms with Gasteiger partial charge in [-0.25, -0.2) is 0 Å². The van der Waals surface area contributed by atoms with E-state index in [4.69, 9.17) is 0 Å². The van der Waals surface area contributed by atoms with Gasteiger partial charge < -0.3 is 26.8 Å². The summed E-state index contributed by atoms with van der Waals surface area (Å²) in [6.45, 7) is 0.0694. The normalized spacial score (nSPS) is 8.27. The smallest absolute Gasteiger partial charge is 1.00 e. The van der Waals surface area contributed by atoms with Crippen molar-refractivity contribution < 1.29 is 78.2 Å². The molecule has 0 aliphatic carbocycles. The summed E-state index contributed by atoms with van der Waals surface area (Å²) in [4.78, 5) is 9.89. The number of hydrogen-bond acceptors (Lipinski definition) is 2.